The van der Waals surface area contributed by atoms with Gasteiger partial charge in [-0.15, -0.1) is 0 Å². The molecule has 0 atom stereocenters. The first-order chi connectivity index (χ1) is 12.1. The van der Waals surface area contributed by atoms with Crippen molar-refractivity contribution in [2.24, 2.45) is 0 Å². The molecule has 0 radical (unpaired) electrons. The largest absolute Gasteiger partial charge is 0.332 e. The van der Waals surface area contributed by atoms with E-state index in [0.717, 1.165) is 5.56 Å². The number of nitrogens with zero attached hydrogens (tertiary/aromatic N) is 1. The summed E-state index contributed by atoms with van der Waals surface area (Å²) in [4.78, 5) is 22.8. The third-order valence-electron chi connectivity index (χ3n) is 3.90. The minimum Gasteiger partial charge on any atom is -0.332 e. The van der Waals surface area contributed by atoms with E-state index in [0.29, 0.717) is 16.8 Å². The van der Waals surface area contributed by atoms with Crippen molar-refractivity contribution in [1.29, 1.82) is 0 Å². The van der Waals surface area contributed by atoms with E-state index >= 15 is 0 Å². The van der Waals surface area contributed by atoms with Crippen molar-refractivity contribution in [1.82, 2.24) is 5.32 Å². The van der Waals surface area contributed by atoms with Gasteiger partial charge in [0.25, 0.3) is 11.6 Å². The van der Waals surface area contributed by atoms with Gasteiger partial charge in [-0.2, -0.15) is 0 Å². The molecule has 0 aliphatic rings. The number of anilines is 1. The number of nitro groups is 1. The number of benzene rings is 2. The lowest BCUT2D eigenvalue weighted by Crippen LogP contribution is -2.34. The second kappa shape index (κ2) is 7.61. The predicted molar refractivity (Wildman–Crippen MR) is 107 cm³/mol. The van der Waals surface area contributed by atoms with Crippen LogP contribution in [-0.2, 0) is 5.41 Å². The Morgan fingerprint density at radius 1 is 1.12 bits per heavy atom. The van der Waals surface area contributed by atoms with E-state index in [4.69, 9.17) is 12.2 Å². The molecule has 0 aromatic heterocycles. The molecule has 6 nitrogen and oxygen atoms in total. The van der Waals surface area contributed by atoms with Crippen molar-refractivity contribution in [3.63, 3.8) is 0 Å². The van der Waals surface area contributed by atoms with Crippen LogP contribution in [0.15, 0.2) is 42.5 Å². The Balaban J connectivity index is 2.05. The SMILES string of the molecule is Cc1ccc(NC(=S)NC(=O)c2ccc(C(C)(C)C)cc2)cc1[N+](=O)[O-]. The van der Waals surface area contributed by atoms with E-state index in [-0.39, 0.29) is 22.1 Å². The summed E-state index contributed by atoms with van der Waals surface area (Å²) in [6.45, 7) is 7.95. The van der Waals surface area contributed by atoms with E-state index in [9.17, 15) is 14.9 Å². The van der Waals surface area contributed by atoms with Gasteiger partial charge in [0, 0.05) is 22.9 Å². The number of hydrogen-bond acceptors (Lipinski definition) is 4. The predicted octanol–water partition coefficient (Wildman–Crippen LogP) is 4.33. The topological polar surface area (TPSA) is 84.3 Å². The molecule has 1 amide bonds. The summed E-state index contributed by atoms with van der Waals surface area (Å²) in [5.74, 6) is -0.343. The Hall–Kier alpha value is -2.80. The number of carbonyl (C=O) groups is 1. The van der Waals surface area contributed by atoms with Crippen molar-refractivity contribution >= 4 is 34.6 Å². The molecule has 26 heavy (non-hydrogen) atoms. The van der Waals surface area contributed by atoms with Crippen LogP contribution < -0.4 is 10.6 Å². The van der Waals surface area contributed by atoms with Crippen LogP contribution in [0.1, 0.15) is 42.3 Å². The summed E-state index contributed by atoms with van der Waals surface area (Å²) in [7, 11) is 0. The summed E-state index contributed by atoms with van der Waals surface area (Å²) in [6, 6.07) is 12.0. The van der Waals surface area contributed by atoms with Gasteiger partial charge < -0.3 is 5.32 Å². The molecule has 0 bridgehead atoms. The van der Waals surface area contributed by atoms with Gasteiger partial charge >= 0.3 is 0 Å². The molecule has 0 heterocycles. The molecule has 136 valence electrons. The standard InChI is InChI=1S/C19H21N3O3S/c1-12-5-10-15(11-16(12)22(24)25)20-18(26)21-17(23)13-6-8-14(9-7-13)19(2,3)4/h5-11H,1-4H3,(H2,20,21,23,26). The lowest BCUT2D eigenvalue weighted by Gasteiger charge is -2.19. The number of amides is 1. The lowest BCUT2D eigenvalue weighted by atomic mass is 9.87. The third-order valence-corrected chi connectivity index (χ3v) is 4.11. The van der Waals surface area contributed by atoms with Crippen LogP contribution in [0.2, 0.25) is 0 Å². The van der Waals surface area contributed by atoms with E-state index in [1.54, 1.807) is 31.2 Å². The molecule has 0 aliphatic heterocycles. The Bertz CT molecular complexity index is 855. The first kappa shape index (κ1) is 19.5. The molecule has 2 N–H and O–H groups in total. The van der Waals surface area contributed by atoms with E-state index < -0.39 is 4.92 Å². The third kappa shape index (κ3) is 4.86. The molecule has 7 heteroatoms. The fraction of sp³-hybridized carbons (Fsp3) is 0.263. The zero-order chi connectivity index (χ0) is 19.5. The van der Waals surface area contributed by atoms with Crippen molar-refractivity contribution in [2.45, 2.75) is 33.1 Å². The number of rotatable bonds is 3. The molecule has 2 rings (SSSR count). The molecular weight excluding hydrogens is 350 g/mol. The van der Waals surface area contributed by atoms with Crippen LogP contribution >= 0.6 is 12.2 Å². The highest BCUT2D eigenvalue weighted by molar-refractivity contribution is 7.80. The highest BCUT2D eigenvalue weighted by atomic mass is 32.1. The van der Waals surface area contributed by atoms with Gasteiger partial charge in [-0.3, -0.25) is 20.2 Å². The molecule has 0 saturated carbocycles. The smallest absolute Gasteiger partial charge is 0.274 e. The molecule has 2 aromatic rings. The average Bonchev–Trinajstić information content (AvgIpc) is 2.55. The number of hydrogen-bond donors (Lipinski definition) is 2. The second-order valence-corrected chi connectivity index (χ2v) is 7.40. The quantitative estimate of drug-likeness (QED) is 0.477. The molecule has 2 aromatic carbocycles. The zero-order valence-electron chi connectivity index (χ0n) is 15.1. The van der Waals surface area contributed by atoms with E-state index in [2.05, 4.69) is 31.4 Å². The minimum atomic E-state index is -0.459. The highest BCUT2D eigenvalue weighted by Gasteiger charge is 2.15. The summed E-state index contributed by atoms with van der Waals surface area (Å²) in [5.41, 5.74) is 2.59. The van der Waals surface area contributed by atoms with Crippen molar-refractivity contribution in [3.8, 4) is 0 Å². The molecule has 0 spiro atoms. The van der Waals surface area contributed by atoms with Gasteiger partial charge in [-0.25, -0.2) is 0 Å². The normalized spacial score (nSPS) is 10.9. The van der Waals surface area contributed by atoms with E-state index in [1.807, 2.05) is 12.1 Å². The summed E-state index contributed by atoms with van der Waals surface area (Å²) in [5, 5.41) is 16.4. The molecule has 0 saturated heterocycles. The monoisotopic (exact) mass is 371 g/mol. The van der Waals surface area contributed by atoms with Crippen LogP contribution in [-0.4, -0.2) is 15.9 Å². The first-order valence-electron chi connectivity index (χ1n) is 8.06. The number of nitro benzene ring substituents is 1. The van der Waals surface area contributed by atoms with Crippen molar-refractivity contribution < 1.29 is 9.72 Å². The van der Waals surface area contributed by atoms with Crippen LogP contribution in [0.3, 0.4) is 0 Å². The Labute approximate surface area is 157 Å². The van der Waals surface area contributed by atoms with Crippen molar-refractivity contribution in [3.05, 3.63) is 69.3 Å². The summed E-state index contributed by atoms with van der Waals surface area (Å²) in [6.07, 6.45) is 0. The lowest BCUT2D eigenvalue weighted by molar-refractivity contribution is -0.385. The molecule has 0 unspecified atom stereocenters. The maximum absolute atomic E-state index is 12.3. The first-order valence-corrected chi connectivity index (χ1v) is 8.46. The second-order valence-electron chi connectivity index (χ2n) is 6.99. The zero-order valence-corrected chi connectivity index (χ0v) is 15.9. The summed E-state index contributed by atoms with van der Waals surface area (Å²) < 4.78 is 0. The Kier molecular flexibility index (Phi) is 5.72. The maximum Gasteiger partial charge on any atom is 0.274 e. The average molecular weight is 371 g/mol. The van der Waals surface area contributed by atoms with Gasteiger partial charge in [0.15, 0.2) is 5.11 Å². The fourth-order valence-corrected chi connectivity index (χ4v) is 2.55. The van der Waals surface area contributed by atoms with Crippen LogP contribution in [0, 0.1) is 17.0 Å². The van der Waals surface area contributed by atoms with E-state index in [1.165, 1.54) is 6.07 Å². The summed E-state index contributed by atoms with van der Waals surface area (Å²) >= 11 is 5.13. The molecular formula is C19H21N3O3S. The fourth-order valence-electron chi connectivity index (χ4n) is 2.34. The van der Waals surface area contributed by atoms with Crippen LogP contribution in [0.5, 0.6) is 0 Å². The molecule has 0 aliphatic carbocycles. The number of thiocarbonyl (C=S) groups is 1. The number of aryl methyl sites for hydroxylation is 1. The van der Waals surface area contributed by atoms with Crippen LogP contribution in [0.25, 0.3) is 0 Å². The molecule has 0 fully saturated rings. The van der Waals surface area contributed by atoms with Gasteiger partial charge in [0.2, 0.25) is 0 Å². The van der Waals surface area contributed by atoms with Gasteiger partial charge in [0.05, 0.1) is 4.92 Å². The van der Waals surface area contributed by atoms with Gasteiger partial charge in [-0.05, 0) is 48.3 Å². The Morgan fingerprint density at radius 3 is 2.27 bits per heavy atom. The maximum atomic E-state index is 12.3. The number of carbonyl (C=O) groups excluding carboxylic acids is 1. The van der Waals surface area contributed by atoms with Gasteiger partial charge in [0.1, 0.15) is 0 Å². The van der Waals surface area contributed by atoms with Crippen LogP contribution in [0.4, 0.5) is 11.4 Å². The number of nitrogens with one attached hydrogen (secondary N) is 2. The van der Waals surface area contributed by atoms with Gasteiger partial charge in [-0.1, -0.05) is 39.0 Å². The highest BCUT2D eigenvalue weighted by Crippen LogP contribution is 2.23. The van der Waals surface area contributed by atoms with Crippen molar-refractivity contribution in [2.75, 3.05) is 5.32 Å². The minimum absolute atomic E-state index is 0.00597. The Morgan fingerprint density at radius 2 is 1.73 bits per heavy atom.